The topological polar surface area (TPSA) is 39.7 Å². The molecule has 0 aliphatic heterocycles. The van der Waals surface area contributed by atoms with Crippen molar-refractivity contribution in [2.45, 2.75) is 52.5 Å². The summed E-state index contributed by atoms with van der Waals surface area (Å²) in [6, 6.07) is 0.598. The summed E-state index contributed by atoms with van der Waals surface area (Å²) in [5, 5.41) is 6.79. The van der Waals surface area contributed by atoms with E-state index < -0.39 is 0 Å². The summed E-state index contributed by atoms with van der Waals surface area (Å²) in [6.45, 7) is 9.51. The Morgan fingerprint density at radius 1 is 1.24 bits per heavy atom. The second-order valence-corrected chi connectivity index (χ2v) is 6.55. The van der Waals surface area contributed by atoms with Crippen molar-refractivity contribution in [2.24, 2.45) is 16.8 Å². The quantitative estimate of drug-likeness (QED) is 0.266. The Kier molecular flexibility index (Phi) is 11.5. The second-order valence-electron chi connectivity index (χ2n) is 6.55. The Hall–Kier alpha value is -0.0400. The fraction of sp³-hybridized carbons (Fsp3) is 0.938. The zero-order chi connectivity index (χ0) is 15.0. The molecule has 0 bridgehead atoms. The van der Waals surface area contributed by atoms with Gasteiger partial charge in [-0.05, 0) is 58.5 Å². The zero-order valence-electron chi connectivity index (χ0n) is 14.5. The van der Waals surface area contributed by atoms with Crippen molar-refractivity contribution < 1.29 is 0 Å². The summed E-state index contributed by atoms with van der Waals surface area (Å²) < 4.78 is 0. The molecule has 0 aromatic rings. The third-order valence-corrected chi connectivity index (χ3v) is 3.86. The summed E-state index contributed by atoms with van der Waals surface area (Å²) in [7, 11) is 4.34. The number of halogens is 1. The molecule has 1 saturated carbocycles. The predicted octanol–water partition coefficient (Wildman–Crippen LogP) is 2.94. The highest BCUT2D eigenvalue weighted by Crippen LogP contribution is 2.34. The maximum Gasteiger partial charge on any atom is 0.191 e. The molecule has 1 aliphatic rings. The maximum atomic E-state index is 4.77. The van der Waals surface area contributed by atoms with Gasteiger partial charge in [0.05, 0.1) is 6.54 Å². The van der Waals surface area contributed by atoms with E-state index >= 15 is 0 Å². The number of rotatable bonds is 9. The molecule has 0 saturated heterocycles. The molecule has 1 aliphatic carbocycles. The molecule has 5 heteroatoms. The van der Waals surface area contributed by atoms with Crippen molar-refractivity contribution in [3.8, 4) is 0 Å². The van der Waals surface area contributed by atoms with E-state index in [1.54, 1.807) is 0 Å². The zero-order valence-corrected chi connectivity index (χ0v) is 16.8. The van der Waals surface area contributed by atoms with Gasteiger partial charge in [-0.1, -0.05) is 13.8 Å². The number of likely N-dealkylation sites (N-methyl/N-ethyl adjacent to an activating group) is 1. The van der Waals surface area contributed by atoms with Crippen LogP contribution in [-0.2, 0) is 0 Å². The van der Waals surface area contributed by atoms with Gasteiger partial charge in [0.2, 0.25) is 0 Å². The molecule has 1 fully saturated rings. The molecule has 1 atom stereocenters. The molecule has 126 valence electrons. The van der Waals surface area contributed by atoms with E-state index in [0.717, 1.165) is 37.4 Å². The number of aliphatic imine (C=N–C) groups is 1. The smallest absolute Gasteiger partial charge is 0.191 e. The first kappa shape index (κ1) is 21.0. The molecular weight excluding hydrogens is 375 g/mol. The molecule has 1 unspecified atom stereocenters. The lowest BCUT2D eigenvalue weighted by Gasteiger charge is -2.23. The van der Waals surface area contributed by atoms with Crippen molar-refractivity contribution in [3.05, 3.63) is 0 Å². The summed E-state index contributed by atoms with van der Waals surface area (Å²) in [5.74, 6) is 2.62. The van der Waals surface area contributed by atoms with Gasteiger partial charge in [-0.15, -0.1) is 24.0 Å². The van der Waals surface area contributed by atoms with Gasteiger partial charge in [0, 0.05) is 19.1 Å². The Balaban J connectivity index is 0.00000400. The van der Waals surface area contributed by atoms with Crippen molar-refractivity contribution in [1.29, 1.82) is 0 Å². The van der Waals surface area contributed by atoms with Crippen LogP contribution in [0.4, 0.5) is 0 Å². The van der Waals surface area contributed by atoms with E-state index in [2.05, 4.69) is 50.4 Å². The molecule has 1 rings (SSSR count). The molecule has 0 amide bonds. The van der Waals surface area contributed by atoms with Crippen LogP contribution in [0.2, 0.25) is 0 Å². The highest BCUT2D eigenvalue weighted by atomic mass is 127. The Bertz CT molecular complexity index is 286. The highest BCUT2D eigenvalue weighted by molar-refractivity contribution is 14.0. The minimum absolute atomic E-state index is 0. The number of hydrogen-bond donors (Lipinski definition) is 2. The predicted molar refractivity (Wildman–Crippen MR) is 104 cm³/mol. The highest BCUT2D eigenvalue weighted by Gasteiger charge is 2.32. The third-order valence-electron chi connectivity index (χ3n) is 3.86. The molecule has 0 heterocycles. The van der Waals surface area contributed by atoms with Gasteiger partial charge in [-0.2, -0.15) is 0 Å². The molecular formula is C16H35IN4. The number of nitrogens with one attached hydrogen (secondary N) is 2. The van der Waals surface area contributed by atoms with Crippen LogP contribution < -0.4 is 10.6 Å². The minimum atomic E-state index is 0. The summed E-state index contributed by atoms with van der Waals surface area (Å²) in [5.41, 5.74) is 0. The lowest BCUT2D eigenvalue weighted by Crippen LogP contribution is -2.40. The number of hydrogen-bond acceptors (Lipinski definition) is 2. The fourth-order valence-corrected chi connectivity index (χ4v) is 2.46. The largest absolute Gasteiger partial charge is 0.357 e. The second kappa shape index (κ2) is 11.5. The average Bonchev–Trinajstić information content (AvgIpc) is 3.18. The van der Waals surface area contributed by atoms with Crippen LogP contribution in [0.3, 0.4) is 0 Å². The first-order valence-corrected chi connectivity index (χ1v) is 8.23. The van der Waals surface area contributed by atoms with Crippen LogP contribution in [0.15, 0.2) is 4.99 Å². The number of nitrogens with zero attached hydrogens (tertiary/aromatic N) is 2. The van der Waals surface area contributed by atoms with Gasteiger partial charge in [-0.25, -0.2) is 0 Å². The molecule has 0 aromatic heterocycles. The molecule has 2 N–H and O–H groups in total. The van der Waals surface area contributed by atoms with Gasteiger partial charge in [0.1, 0.15) is 0 Å². The average molecular weight is 410 g/mol. The standard InChI is InChI=1S/C16H34N4.HI/c1-6-17-16(18-11-7-8-13(2)3)19-12-15(20(4)5)14-9-10-14;/h13-15H,6-12H2,1-5H3,(H2,17,18,19);1H. The normalized spacial score (nSPS) is 16.8. The summed E-state index contributed by atoms with van der Waals surface area (Å²) in [6.07, 6.45) is 5.23. The van der Waals surface area contributed by atoms with E-state index in [1.165, 1.54) is 25.7 Å². The van der Waals surface area contributed by atoms with Gasteiger partial charge >= 0.3 is 0 Å². The van der Waals surface area contributed by atoms with Crippen LogP contribution in [0.1, 0.15) is 46.5 Å². The lowest BCUT2D eigenvalue weighted by atomic mass is 10.1. The van der Waals surface area contributed by atoms with E-state index in [4.69, 9.17) is 4.99 Å². The van der Waals surface area contributed by atoms with Crippen LogP contribution in [0.25, 0.3) is 0 Å². The Morgan fingerprint density at radius 3 is 2.38 bits per heavy atom. The SMILES string of the molecule is CCNC(=NCC(C1CC1)N(C)C)NCCCC(C)C.I. The molecule has 0 spiro atoms. The van der Waals surface area contributed by atoms with Crippen LogP contribution in [0, 0.1) is 11.8 Å². The first-order chi connectivity index (χ1) is 9.54. The molecule has 21 heavy (non-hydrogen) atoms. The van der Waals surface area contributed by atoms with E-state index in [-0.39, 0.29) is 24.0 Å². The van der Waals surface area contributed by atoms with Crippen LogP contribution in [-0.4, -0.2) is 50.6 Å². The number of guanidine groups is 1. The van der Waals surface area contributed by atoms with Crippen molar-refractivity contribution >= 4 is 29.9 Å². The van der Waals surface area contributed by atoms with E-state index in [0.29, 0.717) is 6.04 Å². The molecule has 4 nitrogen and oxygen atoms in total. The maximum absolute atomic E-state index is 4.77. The first-order valence-electron chi connectivity index (χ1n) is 8.23. The summed E-state index contributed by atoms with van der Waals surface area (Å²) in [4.78, 5) is 7.09. The van der Waals surface area contributed by atoms with Crippen molar-refractivity contribution in [2.75, 3.05) is 33.7 Å². The lowest BCUT2D eigenvalue weighted by molar-refractivity contribution is 0.271. The molecule has 0 aromatic carbocycles. The van der Waals surface area contributed by atoms with Gasteiger partial charge in [0.15, 0.2) is 5.96 Å². The van der Waals surface area contributed by atoms with Gasteiger partial charge < -0.3 is 15.5 Å². The van der Waals surface area contributed by atoms with Crippen LogP contribution in [0.5, 0.6) is 0 Å². The van der Waals surface area contributed by atoms with E-state index in [1.807, 2.05) is 0 Å². The Morgan fingerprint density at radius 2 is 1.90 bits per heavy atom. The van der Waals surface area contributed by atoms with Crippen molar-refractivity contribution in [3.63, 3.8) is 0 Å². The third kappa shape index (κ3) is 9.55. The minimum Gasteiger partial charge on any atom is -0.357 e. The van der Waals surface area contributed by atoms with Gasteiger partial charge in [-0.3, -0.25) is 4.99 Å². The van der Waals surface area contributed by atoms with Gasteiger partial charge in [0.25, 0.3) is 0 Å². The summed E-state index contributed by atoms with van der Waals surface area (Å²) >= 11 is 0. The molecule has 0 radical (unpaired) electrons. The van der Waals surface area contributed by atoms with E-state index in [9.17, 15) is 0 Å². The monoisotopic (exact) mass is 410 g/mol. The fourth-order valence-electron chi connectivity index (χ4n) is 2.46. The Labute approximate surface area is 148 Å². The van der Waals surface area contributed by atoms with Crippen LogP contribution >= 0.6 is 24.0 Å². The van der Waals surface area contributed by atoms with Crippen molar-refractivity contribution in [1.82, 2.24) is 15.5 Å².